The van der Waals surface area contributed by atoms with Crippen LogP contribution in [0.1, 0.15) is 30.9 Å². The Labute approximate surface area is 151 Å². The number of hydrogen-bond donors (Lipinski definition) is 1. The fraction of sp³-hybridized carbons (Fsp3) is 0.588. The van der Waals surface area contributed by atoms with Gasteiger partial charge in [0.15, 0.2) is 5.96 Å². The molecule has 4 nitrogen and oxygen atoms in total. The lowest BCUT2D eigenvalue weighted by atomic mass is 9.99. The van der Waals surface area contributed by atoms with E-state index < -0.39 is 0 Å². The van der Waals surface area contributed by atoms with Gasteiger partial charge in [-0.05, 0) is 29.9 Å². The van der Waals surface area contributed by atoms with Gasteiger partial charge in [0.1, 0.15) is 0 Å². The van der Waals surface area contributed by atoms with E-state index in [4.69, 9.17) is 4.74 Å². The molecule has 1 N–H and O–H groups in total. The Balaban J connectivity index is 0.00000242. The van der Waals surface area contributed by atoms with Gasteiger partial charge in [0.05, 0.1) is 6.61 Å². The second-order valence-electron chi connectivity index (χ2n) is 5.82. The van der Waals surface area contributed by atoms with Crippen molar-refractivity contribution in [2.45, 2.75) is 32.9 Å². The van der Waals surface area contributed by atoms with Crippen molar-refractivity contribution in [3.8, 4) is 0 Å². The van der Waals surface area contributed by atoms with Crippen molar-refractivity contribution in [1.29, 1.82) is 0 Å². The summed E-state index contributed by atoms with van der Waals surface area (Å²) in [5, 5.41) is 3.47. The molecule has 1 aromatic carbocycles. The van der Waals surface area contributed by atoms with Gasteiger partial charge >= 0.3 is 0 Å². The van der Waals surface area contributed by atoms with Gasteiger partial charge in [0, 0.05) is 33.8 Å². The highest BCUT2D eigenvalue weighted by atomic mass is 127. The number of halogens is 1. The van der Waals surface area contributed by atoms with Crippen LogP contribution in [0, 0.1) is 5.92 Å². The van der Waals surface area contributed by atoms with Crippen LogP contribution in [-0.4, -0.2) is 38.1 Å². The van der Waals surface area contributed by atoms with Crippen molar-refractivity contribution in [2.24, 2.45) is 10.9 Å². The quantitative estimate of drug-likeness (QED) is 0.464. The van der Waals surface area contributed by atoms with E-state index in [1.165, 1.54) is 24.0 Å². The molecule has 124 valence electrons. The molecule has 1 aliphatic heterocycles. The molecule has 2 rings (SSSR count). The number of rotatable bonds is 4. The van der Waals surface area contributed by atoms with Gasteiger partial charge in [-0.2, -0.15) is 0 Å². The second kappa shape index (κ2) is 10.0. The van der Waals surface area contributed by atoms with Crippen LogP contribution < -0.4 is 5.32 Å². The first-order valence-electron chi connectivity index (χ1n) is 7.75. The zero-order valence-corrected chi connectivity index (χ0v) is 16.2. The molecule has 0 bridgehead atoms. The monoisotopic (exact) mass is 417 g/mol. The van der Waals surface area contributed by atoms with Crippen molar-refractivity contribution in [1.82, 2.24) is 10.2 Å². The lowest BCUT2D eigenvalue weighted by Gasteiger charge is -2.33. The van der Waals surface area contributed by atoms with E-state index >= 15 is 0 Å². The number of aliphatic imine (C=N–C) groups is 1. The lowest BCUT2D eigenvalue weighted by Crippen LogP contribution is -2.45. The molecule has 1 saturated heterocycles. The lowest BCUT2D eigenvalue weighted by molar-refractivity contribution is 0.185. The maximum absolute atomic E-state index is 5.18. The average molecular weight is 417 g/mol. The summed E-state index contributed by atoms with van der Waals surface area (Å²) in [5.41, 5.74) is 2.47. The standard InChI is InChI=1S/C17H27N3O.HI/c1-14-7-9-20(10-8-14)17(18-2)19-12-15-5-4-6-16(11-15)13-21-3;/h4-6,11,14H,7-10,12-13H2,1-3H3,(H,18,19);1H. The summed E-state index contributed by atoms with van der Waals surface area (Å²) in [5.74, 6) is 1.85. The molecule has 0 spiro atoms. The summed E-state index contributed by atoms with van der Waals surface area (Å²) in [4.78, 5) is 6.78. The topological polar surface area (TPSA) is 36.9 Å². The molecule has 22 heavy (non-hydrogen) atoms. The van der Waals surface area contributed by atoms with Crippen molar-refractivity contribution in [3.05, 3.63) is 35.4 Å². The first-order valence-corrected chi connectivity index (χ1v) is 7.75. The normalized spacial score (nSPS) is 16.3. The SMILES string of the molecule is CN=C(NCc1cccc(COC)c1)N1CCC(C)CC1.I. The Morgan fingerprint density at radius 2 is 2.00 bits per heavy atom. The van der Waals surface area contributed by atoms with Gasteiger partial charge in [0.25, 0.3) is 0 Å². The average Bonchev–Trinajstić information content (AvgIpc) is 2.50. The van der Waals surface area contributed by atoms with Crippen LogP contribution in [-0.2, 0) is 17.9 Å². The van der Waals surface area contributed by atoms with E-state index in [-0.39, 0.29) is 24.0 Å². The van der Waals surface area contributed by atoms with Crippen LogP contribution in [0.4, 0.5) is 0 Å². The summed E-state index contributed by atoms with van der Waals surface area (Å²) in [7, 11) is 3.59. The van der Waals surface area contributed by atoms with E-state index in [0.717, 1.165) is 31.5 Å². The number of benzene rings is 1. The Bertz CT molecular complexity index is 471. The minimum Gasteiger partial charge on any atom is -0.380 e. The largest absolute Gasteiger partial charge is 0.380 e. The minimum atomic E-state index is 0. The fourth-order valence-corrected chi connectivity index (χ4v) is 2.73. The highest BCUT2D eigenvalue weighted by Crippen LogP contribution is 2.16. The Morgan fingerprint density at radius 3 is 2.64 bits per heavy atom. The maximum Gasteiger partial charge on any atom is 0.193 e. The van der Waals surface area contributed by atoms with Crippen LogP contribution >= 0.6 is 24.0 Å². The van der Waals surface area contributed by atoms with Gasteiger partial charge in [-0.15, -0.1) is 24.0 Å². The predicted octanol–water partition coefficient (Wildman–Crippen LogP) is 3.26. The molecule has 0 amide bonds. The van der Waals surface area contributed by atoms with Crippen molar-refractivity contribution < 1.29 is 4.74 Å². The smallest absolute Gasteiger partial charge is 0.193 e. The third-order valence-electron chi connectivity index (χ3n) is 4.05. The molecule has 0 atom stereocenters. The number of hydrogen-bond acceptors (Lipinski definition) is 2. The Hall–Kier alpha value is -0.820. The highest BCUT2D eigenvalue weighted by molar-refractivity contribution is 14.0. The first kappa shape index (κ1) is 19.2. The summed E-state index contributed by atoms with van der Waals surface area (Å²) in [6.45, 7) is 5.99. The Kier molecular flexibility index (Phi) is 8.78. The first-order chi connectivity index (χ1) is 10.2. The highest BCUT2D eigenvalue weighted by Gasteiger charge is 2.18. The van der Waals surface area contributed by atoms with E-state index in [9.17, 15) is 0 Å². The van der Waals surface area contributed by atoms with Crippen molar-refractivity contribution in [2.75, 3.05) is 27.2 Å². The van der Waals surface area contributed by atoms with Gasteiger partial charge in [0.2, 0.25) is 0 Å². The summed E-state index contributed by atoms with van der Waals surface area (Å²) >= 11 is 0. The van der Waals surface area contributed by atoms with Gasteiger partial charge in [-0.25, -0.2) is 0 Å². The van der Waals surface area contributed by atoms with Crippen LogP contribution in [0.15, 0.2) is 29.3 Å². The van der Waals surface area contributed by atoms with Crippen molar-refractivity contribution in [3.63, 3.8) is 0 Å². The van der Waals surface area contributed by atoms with E-state index in [1.807, 2.05) is 7.05 Å². The third kappa shape index (κ3) is 5.76. The molecule has 1 aliphatic rings. The zero-order valence-electron chi connectivity index (χ0n) is 13.8. The zero-order chi connectivity index (χ0) is 15.1. The molecule has 1 aromatic rings. The van der Waals surface area contributed by atoms with Crippen molar-refractivity contribution >= 4 is 29.9 Å². The molecule has 1 fully saturated rings. The molecule has 5 heteroatoms. The minimum absolute atomic E-state index is 0. The molecule has 0 aliphatic carbocycles. The number of guanidine groups is 1. The van der Waals surface area contributed by atoms with Gasteiger partial charge in [-0.3, -0.25) is 4.99 Å². The second-order valence-corrected chi connectivity index (χ2v) is 5.82. The van der Waals surface area contributed by atoms with Crippen LogP contribution in [0.5, 0.6) is 0 Å². The molecular weight excluding hydrogens is 389 g/mol. The number of ether oxygens (including phenoxy) is 1. The summed E-state index contributed by atoms with van der Waals surface area (Å²) in [6, 6.07) is 8.49. The van der Waals surface area contributed by atoms with E-state index in [0.29, 0.717) is 6.61 Å². The van der Waals surface area contributed by atoms with Crippen LogP contribution in [0.2, 0.25) is 0 Å². The number of nitrogens with zero attached hydrogens (tertiary/aromatic N) is 2. The van der Waals surface area contributed by atoms with Crippen LogP contribution in [0.25, 0.3) is 0 Å². The van der Waals surface area contributed by atoms with E-state index in [2.05, 4.69) is 46.4 Å². The predicted molar refractivity (Wildman–Crippen MR) is 103 cm³/mol. The fourth-order valence-electron chi connectivity index (χ4n) is 2.73. The third-order valence-corrected chi connectivity index (χ3v) is 4.05. The maximum atomic E-state index is 5.18. The number of piperidine rings is 1. The summed E-state index contributed by atoms with van der Waals surface area (Å²) < 4.78 is 5.18. The molecule has 0 radical (unpaired) electrons. The molecule has 0 saturated carbocycles. The van der Waals surface area contributed by atoms with E-state index in [1.54, 1.807) is 7.11 Å². The molecule has 1 heterocycles. The van der Waals surface area contributed by atoms with Crippen LogP contribution in [0.3, 0.4) is 0 Å². The van der Waals surface area contributed by atoms with Gasteiger partial charge < -0.3 is 15.0 Å². The summed E-state index contributed by atoms with van der Waals surface area (Å²) in [6.07, 6.45) is 2.51. The molecule has 0 aromatic heterocycles. The molecular formula is C17H28IN3O. The Morgan fingerprint density at radius 1 is 1.32 bits per heavy atom. The molecule has 0 unspecified atom stereocenters. The number of nitrogens with one attached hydrogen (secondary N) is 1. The number of methoxy groups -OCH3 is 1. The van der Waals surface area contributed by atoms with Gasteiger partial charge in [-0.1, -0.05) is 31.2 Å². The number of likely N-dealkylation sites (tertiary alicyclic amines) is 1.